The lowest BCUT2D eigenvalue weighted by molar-refractivity contribution is -0.298. The second-order valence-corrected chi connectivity index (χ2v) is 18.0. The summed E-state index contributed by atoms with van der Waals surface area (Å²) in [4.78, 5) is 37.0. The summed E-state index contributed by atoms with van der Waals surface area (Å²) in [6.07, 6.45) is 41.9. The van der Waals surface area contributed by atoms with Crippen LogP contribution in [-0.2, 0) is 33.3 Å². The van der Waals surface area contributed by atoms with Crippen LogP contribution in [0, 0.1) is 0 Å². The number of carbonyl (C=O) groups excluding carboxylic acids is 2. The highest BCUT2D eigenvalue weighted by Crippen LogP contribution is 2.23. The molecule has 372 valence electrons. The lowest BCUT2D eigenvalue weighted by Crippen LogP contribution is -2.60. The van der Waals surface area contributed by atoms with Gasteiger partial charge in [-0.3, -0.25) is 9.59 Å². The van der Waals surface area contributed by atoms with Gasteiger partial charge in [-0.05, 0) is 70.6 Å². The van der Waals surface area contributed by atoms with Crippen LogP contribution >= 0.6 is 0 Å². The first-order valence-electron chi connectivity index (χ1n) is 26.0. The number of carbonyl (C=O) groups is 3. The van der Waals surface area contributed by atoms with Crippen molar-refractivity contribution in [2.45, 2.75) is 269 Å². The first kappa shape index (κ1) is 59.4. The number of esters is 2. The zero-order chi connectivity index (χ0) is 46.7. The van der Waals surface area contributed by atoms with Crippen molar-refractivity contribution in [2.75, 3.05) is 13.2 Å². The summed E-state index contributed by atoms with van der Waals surface area (Å²) in [6, 6.07) is 0. The summed E-state index contributed by atoms with van der Waals surface area (Å²) < 4.78 is 21.8. The molecule has 0 spiro atoms. The number of hydrogen-bond donors (Lipinski definition) is 4. The van der Waals surface area contributed by atoms with E-state index in [1.807, 2.05) is 0 Å². The molecule has 1 saturated heterocycles. The molecule has 0 saturated carbocycles. The number of allylic oxidation sites excluding steroid dienone is 6. The van der Waals surface area contributed by atoms with E-state index in [9.17, 15) is 34.8 Å². The minimum Gasteiger partial charge on any atom is -0.479 e. The van der Waals surface area contributed by atoms with Crippen molar-refractivity contribution in [3.8, 4) is 0 Å². The third kappa shape index (κ3) is 33.8. The van der Waals surface area contributed by atoms with E-state index in [0.29, 0.717) is 12.8 Å². The van der Waals surface area contributed by atoms with Crippen LogP contribution < -0.4 is 0 Å². The van der Waals surface area contributed by atoms with Crippen molar-refractivity contribution in [1.29, 1.82) is 0 Å². The van der Waals surface area contributed by atoms with Crippen LogP contribution in [0.4, 0.5) is 0 Å². The zero-order valence-corrected chi connectivity index (χ0v) is 40.5. The van der Waals surface area contributed by atoms with Gasteiger partial charge in [0.05, 0.1) is 6.61 Å². The van der Waals surface area contributed by atoms with E-state index >= 15 is 0 Å². The second-order valence-electron chi connectivity index (χ2n) is 18.0. The molecule has 11 heteroatoms. The maximum atomic E-state index is 12.8. The Morgan fingerprint density at radius 3 is 1.31 bits per heavy atom. The van der Waals surface area contributed by atoms with Crippen LogP contribution in [0.1, 0.15) is 232 Å². The largest absolute Gasteiger partial charge is 0.479 e. The zero-order valence-electron chi connectivity index (χ0n) is 40.5. The Balaban J connectivity index is 2.29. The number of rotatable bonds is 44. The smallest absolute Gasteiger partial charge is 0.335 e. The molecule has 0 amide bonds. The van der Waals surface area contributed by atoms with Gasteiger partial charge in [-0.1, -0.05) is 185 Å². The summed E-state index contributed by atoms with van der Waals surface area (Å²) in [6.45, 7) is 3.82. The minimum absolute atomic E-state index is 0.178. The molecule has 4 N–H and O–H groups in total. The number of ether oxygens (including phenoxy) is 4. The van der Waals surface area contributed by atoms with Crippen molar-refractivity contribution >= 4 is 17.9 Å². The number of hydrogen-bond acceptors (Lipinski definition) is 10. The van der Waals surface area contributed by atoms with E-state index in [1.165, 1.54) is 135 Å². The average Bonchev–Trinajstić information content (AvgIpc) is 3.28. The first-order valence-corrected chi connectivity index (χ1v) is 26.0. The van der Waals surface area contributed by atoms with Crippen molar-refractivity contribution in [2.24, 2.45) is 0 Å². The molecular weight excluding hydrogens is 813 g/mol. The molecule has 64 heavy (non-hydrogen) atoms. The topological polar surface area (TPSA) is 169 Å². The highest BCUT2D eigenvalue weighted by atomic mass is 16.7. The number of carboxylic acid groups (broad SMARTS) is 1. The molecular formula is C53H94O11. The fourth-order valence-corrected chi connectivity index (χ4v) is 7.85. The molecule has 6 unspecified atom stereocenters. The van der Waals surface area contributed by atoms with Gasteiger partial charge in [0, 0.05) is 12.8 Å². The van der Waals surface area contributed by atoms with Crippen LogP contribution in [-0.4, -0.2) is 88.4 Å². The van der Waals surface area contributed by atoms with E-state index < -0.39 is 61.3 Å². The molecule has 0 bridgehead atoms. The normalized spacial score (nSPS) is 19.5. The van der Waals surface area contributed by atoms with Gasteiger partial charge in [0.15, 0.2) is 18.5 Å². The SMILES string of the molecule is CCCCCCC/C=C\C/C=C\CCCCCCCCCCCC(=O)OCC(COC1OC(C(=O)O)C(O)C(O)C1O)OC(=O)CCCCCCCCC/C=C\CCCCCCCC. The van der Waals surface area contributed by atoms with Gasteiger partial charge in [0.1, 0.15) is 24.9 Å². The molecule has 0 aromatic heterocycles. The summed E-state index contributed by atoms with van der Waals surface area (Å²) in [5, 5.41) is 39.9. The molecule has 1 heterocycles. The summed E-state index contributed by atoms with van der Waals surface area (Å²) in [5.74, 6) is -2.45. The maximum Gasteiger partial charge on any atom is 0.335 e. The molecule has 0 aliphatic carbocycles. The summed E-state index contributed by atoms with van der Waals surface area (Å²) in [7, 11) is 0. The predicted molar refractivity (Wildman–Crippen MR) is 257 cm³/mol. The lowest BCUT2D eigenvalue weighted by atomic mass is 9.99. The average molecular weight is 907 g/mol. The monoisotopic (exact) mass is 907 g/mol. The molecule has 0 radical (unpaired) electrons. The third-order valence-corrected chi connectivity index (χ3v) is 12.0. The van der Waals surface area contributed by atoms with E-state index in [4.69, 9.17) is 18.9 Å². The number of aliphatic hydroxyl groups is 3. The van der Waals surface area contributed by atoms with E-state index in [2.05, 4.69) is 50.3 Å². The molecule has 6 atom stereocenters. The fourth-order valence-electron chi connectivity index (χ4n) is 7.85. The predicted octanol–water partition coefficient (Wildman–Crippen LogP) is 12.3. The van der Waals surface area contributed by atoms with Gasteiger partial charge in [0.2, 0.25) is 0 Å². The Bertz CT molecular complexity index is 1200. The van der Waals surface area contributed by atoms with Crippen molar-refractivity contribution in [3.63, 3.8) is 0 Å². The number of carboxylic acids is 1. The van der Waals surface area contributed by atoms with Crippen LogP contribution in [0.25, 0.3) is 0 Å². The second kappa shape index (κ2) is 43.0. The van der Waals surface area contributed by atoms with Gasteiger partial charge in [-0.2, -0.15) is 0 Å². The van der Waals surface area contributed by atoms with Gasteiger partial charge < -0.3 is 39.4 Å². The van der Waals surface area contributed by atoms with Gasteiger partial charge in [0.25, 0.3) is 0 Å². The van der Waals surface area contributed by atoms with Gasteiger partial charge >= 0.3 is 17.9 Å². The minimum atomic E-state index is -1.86. The van der Waals surface area contributed by atoms with Crippen molar-refractivity contribution in [1.82, 2.24) is 0 Å². The van der Waals surface area contributed by atoms with Crippen molar-refractivity contribution < 1.29 is 53.8 Å². The highest BCUT2D eigenvalue weighted by molar-refractivity contribution is 5.73. The van der Waals surface area contributed by atoms with E-state index in [-0.39, 0.29) is 19.4 Å². The molecule has 1 rings (SSSR count). The van der Waals surface area contributed by atoms with E-state index in [0.717, 1.165) is 57.8 Å². The van der Waals surface area contributed by atoms with Crippen molar-refractivity contribution in [3.05, 3.63) is 36.5 Å². The standard InChI is InChI=1S/C53H94O11/c1-3-5-7-9-11-13-15-17-19-21-22-23-24-26-27-29-31-33-35-37-39-41-46(54)61-43-45(44-62-53-50(58)48(56)49(57)51(64-53)52(59)60)63-47(55)42-40-38-36-34-32-30-28-25-20-18-16-14-12-10-8-6-4-2/h15,17-18,20-22,45,48-51,53,56-58H,3-14,16,19,23-44H2,1-2H3,(H,59,60)/b17-15-,20-18-,22-21-. The first-order chi connectivity index (χ1) is 31.2. The molecule has 11 nitrogen and oxygen atoms in total. The van der Waals surface area contributed by atoms with Crippen LogP contribution in [0.3, 0.4) is 0 Å². The Morgan fingerprint density at radius 2 is 0.875 bits per heavy atom. The summed E-state index contributed by atoms with van der Waals surface area (Å²) >= 11 is 0. The molecule has 1 aliphatic heterocycles. The van der Waals surface area contributed by atoms with E-state index in [1.54, 1.807) is 0 Å². The number of aliphatic carboxylic acids is 1. The van der Waals surface area contributed by atoms with Crippen LogP contribution in [0.15, 0.2) is 36.5 Å². The molecule has 1 aliphatic rings. The Kier molecular flexibility index (Phi) is 40.0. The number of aliphatic hydroxyl groups excluding tert-OH is 3. The molecule has 1 fully saturated rings. The lowest BCUT2D eigenvalue weighted by Gasteiger charge is -2.38. The highest BCUT2D eigenvalue weighted by Gasteiger charge is 2.47. The maximum absolute atomic E-state index is 12.8. The van der Waals surface area contributed by atoms with Gasteiger partial charge in [-0.25, -0.2) is 4.79 Å². The molecule has 0 aromatic carbocycles. The molecule has 0 aromatic rings. The van der Waals surface area contributed by atoms with Gasteiger partial charge in [-0.15, -0.1) is 0 Å². The Labute approximate surface area is 389 Å². The quantitative estimate of drug-likeness (QED) is 0.0261. The summed E-state index contributed by atoms with van der Waals surface area (Å²) in [5.41, 5.74) is 0. The van der Waals surface area contributed by atoms with Crippen LogP contribution in [0.2, 0.25) is 0 Å². The number of unbranched alkanes of at least 4 members (excludes halogenated alkanes) is 27. The fraction of sp³-hybridized carbons (Fsp3) is 0.830. The Morgan fingerprint density at radius 1 is 0.484 bits per heavy atom. The Hall–Kier alpha value is -2.57. The third-order valence-electron chi connectivity index (χ3n) is 12.0. The van der Waals surface area contributed by atoms with Crippen LogP contribution in [0.5, 0.6) is 0 Å².